The van der Waals surface area contributed by atoms with Crippen molar-refractivity contribution in [3.8, 4) is 0 Å². The molecule has 1 heterocycles. The van der Waals surface area contributed by atoms with Gasteiger partial charge in [0.1, 0.15) is 18.7 Å². The van der Waals surface area contributed by atoms with Crippen molar-refractivity contribution in [3.63, 3.8) is 0 Å². The zero-order valence-electron chi connectivity index (χ0n) is 20.3. The van der Waals surface area contributed by atoms with Crippen molar-refractivity contribution in [2.45, 2.75) is 32.9 Å². The minimum atomic E-state index is -0.796. The van der Waals surface area contributed by atoms with Gasteiger partial charge in [-0.05, 0) is 44.5 Å². The number of nitro groups is 1. The smallest absolute Gasteiger partial charge is 0.408 e. The first-order chi connectivity index (χ1) is 17.3. The molecule has 0 atom stereocenters. The Kier molecular flexibility index (Phi) is 7.85. The predicted molar refractivity (Wildman–Crippen MR) is 130 cm³/mol. The van der Waals surface area contributed by atoms with E-state index in [0.717, 1.165) is 12.1 Å². The molecule has 0 aliphatic carbocycles. The Morgan fingerprint density at radius 3 is 2.35 bits per heavy atom. The number of rotatable bonds is 8. The van der Waals surface area contributed by atoms with E-state index in [1.54, 1.807) is 45.0 Å². The van der Waals surface area contributed by atoms with Crippen LogP contribution in [0.25, 0.3) is 0 Å². The molecule has 0 spiro atoms. The summed E-state index contributed by atoms with van der Waals surface area (Å²) in [6.07, 6.45) is -0.719. The number of nitrogens with zero attached hydrogens (tertiary/aromatic N) is 2. The van der Waals surface area contributed by atoms with Crippen molar-refractivity contribution >= 4 is 41.1 Å². The molecule has 0 saturated heterocycles. The van der Waals surface area contributed by atoms with E-state index >= 15 is 0 Å². The van der Waals surface area contributed by atoms with Gasteiger partial charge in [-0.15, -0.1) is 0 Å². The second-order valence-electron chi connectivity index (χ2n) is 9.06. The van der Waals surface area contributed by atoms with Crippen LogP contribution in [0.1, 0.15) is 47.1 Å². The van der Waals surface area contributed by atoms with E-state index in [1.807, 2.05) is 0 Å². The van der Waals surface area contributed by atoms with Crippen LogP contribution in [0.5, 0.6) is 0 Å². The van der Waals surface area contributed by atoms with Gasteiger partial charge in [0.15, 0.2) is 0 Å². The number of fused-ring (bicyclic) bond motifs is 1. The van der Waals surface area contributed by atoms with Crippen LogP contribution in [-0.2, 0) is 20.9 Å². The summed E-state index contributed by atoms with van der Waals surface area (Å²) in [7, 11) is 0. The SMILES string of the molecule is CC(C)(C)OC(=O)NCC(=O)NCc1cccc(NC(=O)CN2C(=O)c3ccc([N+](=O)[O-])cc3C2=O)c1. The number of carbonyl (C=O) groups excluding carboxylic acids is 5. The van der Waals surface area contributed by atoms with Gasteiger partial charge in [0.25, 0.3) is 17.5 Å². The van der Waals surface area contributed by atoms with Gasteiger partial charge >= 0.3 is 6.09 Å². The molecule has 13 heteroatoms. The van der Waals surface area contributed by atoms with Gasteiger partial charge in [-0.2, -0.15) is 0 Å². The Labute approximate surface area is 211 Å². The summed E-state index contributed by atoms with van der Waals surface area (Å²) in [5.74, 6) is -2.63. The van der Waals surface area contributed by atoms with Crippen molar-refractivity contribution in [1.29, 1.82) is 0 Å². The molecule has 0 fully saturated rings. The Morgan fingerprint density at radius 2 is 1.68 bits per heavy atom. The molecule has 0 saturated carbocycles. The van der Waals surface area contributed by atoms with Crippen LogP contribution < -0.4 is 16.0 Å². The molecule has 1 aliphatic heterocycles. The molecular weight excluding hydrogens is 486 g/mol. The van der Waals surface area contributed by atoms with Gasteiger partial charge in [-0.1, -0.05) is 12.1 Å². The first-order valence-corrected chi connectivity index (χ1v) is 11.1. The number of ether oxygens (including phenoxy) is 1. The number of benzene rings is 2. The lowest BCUT2D eigenvalue weighted by Gasteiger charge is -2.19. The van der Waals surface area contributed by atoms with E-state index < -0.39 is 46.8 Å². The predicted octanol–water partition coefficient (Wildman–Crippen LogP) is 1.97. The summed E-state index contributed by atoms with van der Waals surface area (Å²) in [6.45, 7) is 4.34. The number of amides is 5. The van der Waals surface area contributed by atoms with Gasteiger partial charge in [0, 0.05) is 24.4 Å². The zero-order chi connectivity index (χ0) is 27.3. The van der Waals surface area contributed by atoms with Crippen molar-refractivity contribution < 1.29 is 33.6 Å². The first-order valence-electron chi connectivity index (χ1n) is 11.1. The zero-order valence-corrected chi connectivity index (χ0v) is 20.3. The number of alkyl carbamates (subject to hydrolysis) is 1. The fourth-order valence-corrected chi connectivity index (χ4v) is 3.37. The third-order valence-corrected chi connectivity index (χ3v) is 4.96. The van der Waals surface area contributed by atoms with Gasteiger partial charge in [-0.25, -0.2) is 4.79 Å². The number of hydrogen-bond acceptors (Lipinski definition) is 8. The molecule has 0 unspecified atom stereocenters. The molecule has 3 N–H and O–H groups in total. The third kappa shape index (κ3) is 7.10. The molecule has 0 bridgehead atoms. The number of anilines is 1. The minimum Gasteiger partial charge on any atom is -0.444 e. The molecule has 13 nitrogen and oxygen atoms in total. The van der Waals surface area contributed by atoms with Gasteiger partial charge in [0.05, 0.1) is 16.1 Å². The maximum Gasteiger partial charge on any atom is 0.408 e. The maximum absolute atomic E-state index is 12.6. The summed E-state index contributed by atoms with van der Waals surface area (Å²) in [4.78, 5) is 72.2. The van der Waals surface area contributed by atoms with E-state index in [-0.39, 0.29) is 29.9 Å². The minimum absolute atomic E-state index is 0.0118. The van der Waals surface area contributed by atoms with Crippen molar-refractivity contribution in [2.24, 2.45) is 0 Å². The Bertz CT molecular complexity index is 1280. The number of non-ortho nitro benzene ring substituents is 1. The van der Waals surface area contributed by atoms with Crippen LogP contribution in [0.3, 0.4) is 0 Å². The molecule has 2 aromatic carbocycles. The molecule has 37 heavy (non-hydrogen) atoms. The number of carbonyl (C=O) groups is 5. The van der Waals surface area contributed by atoms with Gasteiger partial charge in [-0.3, -0.25) is 34.2 Å². The summed E-state index contributed by atoms with van der Waals surface area (Å²) >= 11 is 0. The number of nitro benzene ring substituents is 1. The van der Waals surface area contributed by atoms with Crippen LogP contribution in [0, 0.1) is 10.1 Å². The quantitative estimate of drug-likeness (QED) is 0.274. The molecule has 0 aromatic heterocycles. The topological polar surface area (TPSA) is 177 Å². The lowest BCUT2D eigenvalue weighted by Crippen LogP contribution is -2.39. The third-order valence-electron chi connectivity index (χ3n) is 4.96. The average molecular weight is 511 g/mol. The van der Waals surface area contributed by atoms with Crippen LogP contribution in [0.15, 0.2) is 42.5 Å². The molecule has 5 amide bonds. The fourth-order valence-electron chi connectivity index (χ4n) is 3.37. The van der Waals surface area contributed by atoms with E-state index in [2.05, 4.69) is 16.0 Å². The molecule has 2 aromatic rings. The lowest BCUT2D eigenvalue weighted by atomic mass is 10.1. The van der Waals surface area contributed by atoms with Crippen molar-refractivity contribution in [3.05, 3.63) is 69.3 Å². The monoisotopic (exact) mass is 511 g/mol. The van der Waals surface area contributed by atoms with E-state index in [4.69, 9.17) is 4.74 Å². The van der Waals surface area contributed by atoms with Crippen LogP contribution in [0.4, 0.5) is 16.2 Å². The van der Waals surface area contributed by atoms with E-state index in [0.29, 0.717) is 16.2 Å². The fraction of sp³-hybridized carbons (Fsp3) is 0.292. The average Bonchev–Trinajstić information content (AvgIpc) is 3.04. The largest absolute Gasteiger partial charge is 0.444 e. The van der Waals surface area contributed by atoms with E-state index in [1.165, 1.54) is 6.07 Å². The molecule has 0 radical (unpaired) electrons. The van der Waals surface area contributed by atoms with Gasteiger partial charge < -0.3 is 20.7 Å². The molecule has 1 aliphatic rings. The Balaban J connectivity index is 1.52. The molecule has 194 valence electrons. The lowest BCUT2D eigenvalue weighted by molar-refractivity contribution is -0.384. The summed E-state index contributed by atoms with van der Waals surface area (Å²) in [5, 5.41) is 18.5. The summed E-state index contributed by atoms with van der Waals surface area (Å²) in [6, 6.07) is 9.82. The maximum atomic E-state index is 12.6. The highest BCUT2D eigenvalue weighted by molar-refractivity contribution is 6.23. The Morgan fingerprint density at radius 1 is 0.973 bits per heavy atom. The standard InChI is InChI=1S/C24H25N5O8/c1-24(2,3)37-23(34)26-12-19(30)25-11-14-5-4-6-15(9-14)27-20(31)13-28-21(32)17-8-7-16(29(35)36)10-18(17)22(28)33/h4-10H,11-13H2,1-3H3,(H,25,30)(H,26,34)(H,27,31). The highest BCUT2D eigenvalue weighted by atomic mass is 16.6. The summed E-state index contributed by atoms with van der Waals surface area (Å²) < 4.78 is 5.05. The second kappa shape index (κ2) is 10.8. The molecular formula is C24H25N5O8. The second-order valence-corrected chi connectivity index (χ2v) is 9.06. The number of imide groups is 1. The highest BCUT2D eigenvalue weighted by Crippen LogP contribution is 2.26. The van der Waals surface area contributed by atoms with E-state index in [9.17, 15) is 34.1 Å². The van der Waals surface area contributed by atoms with Gasteiger partial charge in [0.2, 0.25) is 11.8 Å². The number of hydrogen-bond donors (Lipinski definition) is 3. The normalized spacial score (nSPS) is 12.6. The first kappa shape index (κ1) is 26.8. The van der Waals surface area contributed by atoms with Crippen molar-refractivity contribution in [2.75, 3.05) is 18.4 Å². The van der Waals surface area contributed by atoms with Crippen molar-refractivity contribution in [1.82, 2.24) is 15.5 Å². The van der Waals surface area contributed by atoms with Crippen LogP contribution >= 0.6 is 0 Å². The summed E-state index contributed by atoms with van der Waals surface area (Å²) in [5.41, 5.74) is -0.179. The highest BCUT2D eigenvalue weighted by Gasteiger charge is 2.37. The van der Waals surface area contributed by atoms with Crippen LogP contribution in [0.2, 0.25) is 0 Å². The van der Waals surface area contributed by atoms with Crippen LogP contribution in [-0.4, -0.2) is 58.2 Å². The Hall–Kier alpha value is -4.81. The molecule has 3 rings (SSSR count). The number of nitrogens with one attached hydrogen (secondary N) is 3.